The maximum absolute atomic E-state index is 13.5. The lowest BCUT2D eigenvalue weighted by Crippen LogP contribution is -2.12. The molecule has 0 aliphatic heterocycles. The zero-order valence-electron chi connectivity index (χ0n) is 11.0. The number of carbonyl (C=O) groups excluding carboxylic acids is 1. The molecular weight excluding hydrogens is 262 g/mol. The van der Waals surface area contributed by atoms with Crippen LogP contribution in [0.2, 0.25) is 0 Å². The zero-order chi connectivity index (χ0) is 14.5. The summed E-state index contributed by atoms with van der Waals surface area (Å²) in [5, 5.41) is 0. The van der Waals surface area contributed by atoms with Gasteiger partial charge in [0.2, 0.25) is 0 Å². The molecule has 0 amide bonds. The molecule has 2 aromatic rings. The quantitative estimate of drug-likeness (QED) is 0.794. The fourth-order valence-corrected chi connectivity index (χ4v) is 1.89. The van der Waals surface area contributed by atoms with Crippen LogP contribution in [-0.4, -0.2) is 5.97 Å². The minimum atomic E-state index is -0.832. The second-order valence-electron chi connectivity index (χ2n) is 4.46. The van der Waals surface area contributed by atoms with Crippen LogP contribution in [0.25, 0.3) is 0 Å². The van der Waals surface area contributed by atoms with Gasteiger partial charge in [0, 0.05) is 5.56 Å². The molecule has 0 saturated carbocycles. The smallest absolute Gasteiger partial charge is 0.310 e. The van der Waals surface area contributed by atoms with Gasteiger partial charge in [-0.3, -0.25) is 4.79 Å². The van der Waals surface area contributed by atoms with Crippen LogP contribution < -0.4 is 0 Å². The number of ether oxygens (including phenoxy) is 1. The highest BCUT2D eigenvalue weighted by atomic mass is 19.1. The van der Waals surface area contributed by atoms with Crippen molar-refractivity contribution in [1.29, 1.82) is 0 Å². The molecule has 1 unspecified atom stereocenters. The first kappa shape index (κ1) is 14.2. The predicted octanol–water partition coefficient (Wildman–Crippen LogP) is 3.81. The highest BCUT2D eigenvalue weighted by molar-refractivity contribution is 5.72. The van der Waals surface area contributed by atoms with Crippen LogP contribution in [0.15, 0.2) is 48.5 Å². The molecule has 2 aromatic carbocycles. The number of rotatable bonds is 4. The van der Waals surface area contributed by atoms with Crippen molar-refractivity contribution in [3.63, 3.8) is 0 Å². The zero-order valence-corrected chi connectivity index (χ0v) is 11.0. The topological polar surface area (TPSA) is 26.3 Å². The van der Waals surface area contributed by atoms with Gasteiger partial charge < -0.3 is 4.74 Å². The number of hydrogen-bond donors (Lipinski definition) is 0. The predicted molar refractivity (Wildman–Crippen MR) is 71.0 cm³/mol. The van der Waals surface area contributed by atoms with Gasteiger partial charge in [0.25, 0.3) is 0 Å². The van der Waals surface area contributed by atoms with E-state index in [1.807, 2.05) is 18.2 Å². The normalized spacial score (nSPS) is 11.9. The van der Waals surface area contributed by atoms with Crippen LogP contribution >= 0.6 is 0 Å². The molecule has 0 fully saturated rings. The van der Waals surface area contributed by atoms with Gasteiger partial charge in [0.05, 0.1) is 6.42 Å². The molecule has 0 heterocycles. The Labute approximate surface area is 116 Å². The van der Waals surface area contributed by atoms with Gasteiger partial charge in [-0.1, -0.05) is 30.3 Å². The number of halogens is 2. The van der Waals surface area contributed by atoms with Crippen LogP contribution in [0.5, 0.6) is 0 Å². The Morgan fingerprint density at radius 1 is 1.15 bits per heavy atom. The Morgan fingerprint density at radius 2 is 1.85 bits per heavy atom. The first-order chi connectivity index (χ1) is 9.56. The van der Waals surface area contributed by atoms with Crippen molar-refractivity contribution in [3.05, 3.63) is 71.3 Å². The summed E-state index contributed by atoms with van der Waals surface area (Å²) in [6, 6.07) is 12.2. The summed E-state index contributed by atoms with van der Waals surface area (Å²) >= 11 is 0. The van der Waals surface area contributed by atoms with Crippen molar-refractivity contribution in [3.8, 4) is 0 Å². The molecule has 0 N–H and O–H groups in total. The van der Waals surface area contributed by atoms with Gasteiger partial charge in [-0.15, -0.1) is 0 Å². The molecule has 0 bridgehead atoms. The van der Waals surface area contributed by atoms with E-state index >= 15 is 0 Å². The number of hydrogen-bond acceptors (Lipinski definition) is 2. The maximum atomic E-state index is 13.5. The lowest BCUT2D eigenvalue weighted by molar-refractivity contribution is -0.147. The Balaban J connectivity index is 2.02. The third kappa shape index (κ3) is 3.63. The molecule has 20 heavy (non-hydrogen) atoms. The maximum Gasteiger partial charge on any atom is 0.310 e. The van der Waals surface area contributed by atoms with Crippen molar-refractivity contribution in [2.75, 3.05) is 0 Å². The first-order valence-electron chi connectivity index (χ1n) is 6.24. The lowest BCUT2D eigenvalue weighted by Gasteiger charge is -2.14. The first-order valence-corrected chi connectivity index (χ1v) is 6.24. The van der Waals surface area contributed by atoms with E-state index in [-0.39, 0.29) is 12.0 Å². The summed E-state index contributed by atoms with van der Waals surface area (Å²) in [5.41, 5.74) is 0.843. The molecule has 4 heteroatoms. The van der Waals surface area contributed by atoms with Gasteiger partial charge in [0.1, 0.15) is 17.7 Å². The Morgan fingerprint density at radius 3 is 2.55 bits per heavy atom. The molecule has 2 nitrogen and oxygen atoms in total. The summed E-state index contributed by atoms with van der Waals surface area (Å²) in [6.45, 7) is 1.51. The summed E-state index contributed by atoms with van der Waals surface area (Å²) in [5.74, 6) is -1.63. The highest BCUT2D eigenvalue weighted by Crippen LogP contribution is 2.21. The average molecular weight is 276 g/mol. The molecule has 1 atom stereocenters. The lowest BCUT2D eigenvalue weighted by atomic mass is 10.1. The van der Waals surface area contributed by atoms with E-state index in [0.29, 0.717) is 0 Å². The molecule has 0 saturated heterocycles. The minimum absolute atomic E-state index is 0.0337. The summed E-state index contributed by atoms with van der Waals surface area (Å²) in [7, 11) is 0. The Kier molecular flexibility index (Phi) is 4.45. The van der Waals surface area contributed by atoms with Gasteiger partial charge in [-0.2, -0.15) is 0 Å². The SMILES string of the molecule is CC(OC(=O)Cc1ccccc1)c1cc(F)ccc1F. The van der Waals surface area contributed by atoms with Crippen LogP contribution in [-0.2, 0) is 16.0 Å². The van der Waals surface area contributed by atoms with E-state index in [1.165, 1.54) is 6.92 Å². The summed E-state index contributed by atoms with van der Waals surface area (Å²) in [6.07, 6.45) is -0.732. The molecule has 0 radical (unpaired) electrons. The van der Waals surface area contributed by atoms with Crippen molar-refractivity contribution in [1.82, 2.24) is 0 Å². The van der Waals surface area contributed by atoms with Crippen LogP contribution in [0.4, 0.5) is 8.78 Å². The van der Waals surface area contributed by atoms with E-state index in [0.717, 1.165) is 23.8 Å². The van der Waals surface area contributed by atoms with Crippen LogP contribution in [0.3, 0.4) is 0 Å². The summed E-state index contributed by atoms with van der Waals surface area (Å²) in [4.78, 5) is 11.8. The van der Waals surface area contributed by atoms with Crippen molar-refractivity contribution in [2.24, 2.45) is 0 Å². The monoisotopic (exact) mass is 276 g/mol. The molecule has 104 valence electrons. The van der Waals surface area contributed by atoms with E-state index in [9.17, 15) is 13.6 Å². The Bertz CT molecular complexity index is 597. The minimum Gasteiger partial charge on any atom is -0.457 e. The van der Waals surface area contributed by atoms with Gasteiger partial charge in [-0.05, 0) is 30.7 Å². The van der Waals surface area contributed by atoms with Crippen LogP contribution in [0, 0.1) is 11.6 Å². The molecular formula is C16H14F2O2. The Hall–Kier alpha value is -2.23. The van der Waals surface area contributed by atoms with E-state index in [2.05, 4.69) is 0 Å². The largest absolute Gasteiger partial charge is 0.457 e. The number of esters is 1. The fourth-order valence-electron chi connectivity index (χ4n) is 1.89. The average Bonchev–Trinajstić information content (AvgIpc) is 2.42. The second-order valence-corrected chi connectivity index (χ2v) is 4.46. The molecule has 0 aliphatic rings. The standard InChI is InChI=1S/C16H14F2O2/c1-11(14-10-13(17)7-8-15(14)18)20-16(19)9-12-5-3-2-4-6-12/h2-8,10-11H,9H2,1H3. The van der Waals surface area contributed by atoms with Gasteiger partial charge in [0.15, 0.2) is 0 Å². The fraction of sp³-hybridized carbons (Fsp3) is 0.188. The molecule has 0 aromatic heterocycles. The third-order valence-electron chi connectivity index (χ3n) is 2.90. The van der Waals surface area contributed by atoms with Crippen LogP contribution in [0.1, 0.15) is 24.2 Å². The number of carbonyl (C=O) groups is 1. The van der Waals surface area contributed by atoms with Gasteiger partial charge in [-0.25, -0.2) is 8.78 Å². The summed E-state index contributed by atoms with van der Waals surface area (Å²) < 4.78 is 31.8. The van der Waals surface area contributed by atoms with Crippen molar-refractivity contribution in [2.45, 2.75) is 19.4 Å². The van der Waals surface area contributed by atoms with Gasteiger partial charge >= 0.3 is 5.97 Å². The van der Waals surface area contributed by atoms with Crippen molar-refractivity contribution < 1.29 is 18.3 Å². The van der Waals surface area contributed by atoms with E-state index in [1.54, 1.807) is 12.1 Å². The molecule has 0 aliphatic carbocycles. The molecule has 2 rings (SSSR count). The van der Waals surface area contributed by atoms with Crippen molar-refractivity contribution >= 4 is 5.97 Å². The van der Waals surface area contributed by atoms with E-state index in [4.69, 9.17) is 4.74 Å². The molecule has 0 spiro atoms. The van der Waals surface area contributed by atoms with E-state index < -0.39 is 23.7 Å². The highest BCUT2D eigenvalue weighted by Gasteiger charge is 2.16. The second kappa shape index (κ2) is 6.28. The third-order valence-corrected chi connectivity index (χ3v) is 2.90. The number of benzene rings is 2.